The van der Waals surface area contributed by atoms with Crippen molar-refractivity contribution < 1.29 is 9.15 Å². The average Bonchev–Trinajstić information content (AvgIpc) is 2.85. The van der Waals surface area contributed by atoms with Gasteiger partial charge in [0.1, 0.15) is 23.9 Å². The highest BCUT2D eigenvalue weighted by Crippen LogP contribution is 2.25. The number of benzene rings is 1. The van der Waals surface area contributed by atoms with Crippen LogP contribution in [0.25, 0.3) is 0 Å². The molecule has 0 aliphatic heterocycles. The quantitative estimate of drug-likeness (QED) is 0.889. The molecule has 0 unspecified atom stereocenters. The Kier molecular flexibility index (Phi) is 4.27. The van der Waals surface area contributed by atoms with Crippen LogP contribution in [-0.4, -0.2) is 0 Å². The molecule has 2 rings (SSSR count). The highest BCUT2D eigenvalue weighted by molar-refractivity contribution is 5.37. The van der Waals surface area contributed by atoms with Crippen LogP contribution in [0.4, 0.5) is 0 Å². The van der Waals surface area contributed by atoms with Crippen molar-refractivity contribution in [2.24, 2.45) is 5.73 Å². The third-order valence-corrected chi connectivity index (χ3v) is 3.17. The van der Waals surface area contributed by atoms with E-state index in [1.807, 2.05) is 19.1 Å². The lowest BCUT2D eigenvalue weighted by Gasteiger charge is -2.12. The van der Waals surface area contributed by atoms with E-state index < -0.39 is 0 Å². The van der Waals surface area contributed by atoms with Crippen molar-refractivity contribution in [2.45, 2.75) is 39.8 Å². The fraction of sp³-hybridized carbons (Fsp3) is 0.375. The average molecular weight is 259 g/mol. The van der Waals surface area contributed by atoms with Gasteiger partial charge in [0.25, 0.3) is 0 Å². The van der Waals surface area contributed by atoms with Gasteiger partial charge in [-0.1, -0.05) is 26.0 Å². The Morgan fingerprint density at radius 1 is 1.16 bits per heavy atom. The van der Waals surface area contributed by atoms with Gasteiger partial charge in [0.2, 0.25) is 0 Å². The molecule has 102 valence electrons. The second-order valence-corrected chi connectivity index (χ2v) is 5.04. The summed E-state index contributed by atoms with van der Waals surface area (Å²) in [4.78, 5) is 0. The number of hydrogen-bond donors (Lipinski definition) is 1. The predicted octanol–water partition coefficient (Wildman–Crippen LogP) is 3.75. The molecular formula is C16H21NO2. The molecule has 0 aliphatic rings. The SMILES string of the molecule is Cc1ccc(C(C)C)cc1OCc1ccc(CN)o1. The minimum atomic E-state index is 0.419. The van der Waals surface area contributed by atoms with Crippen molar-refractivity contribution in [3.05, 3.63) is 53.0 Å². The molecule has 0 aliphatic carbocycles. The Hall–Kier alpha value is -1.74. The maximum atomic E-state index is 5.84. The molecule has 0 saturated carbocycles. The molecule has 1 aromatic heterocycles. The van der Waals surface area contributed by atoms with Crippen LogP contribution in [0.2, 0.25) is 0 Å². The summed E-state index contributed by atoms with van der Waals surface area (Å²) in [6.45, 7) is 7.25. The summed E-state index contributed by atoms with van der Waals surface area (Å²) in [6.07, 6.45) is 0. The molecule has 3 nitrogen and oxygen atoms in total. The maximum Gasteiger partial charge on any atom is 0.146 e. The Morgan fingerprint density at radius 2 is 1.89 bits per heavy atom. The standard InChI is InChI=1S/C16H21NO2/c1-11(2)13-5-4-12(3)16(8-13)18-10-15-7-6-14(9-17)19-15/h4-8,11H,9-10,17H2,1-3H3. The van der Waals surface area contributed by atoms with E-state index in [2.05, 4.69) is 32.0 Å². The van der Waals surface area contributed by atoms with Crippen molar-refractivity contribution in [2.75, 3.05) is 0 Å². The van der Waals surface area contributed by atoms with Gasteiger partial charge in [-0.3, -0.25) is 0 Å². The van der Waals surface area contributed by atoms with E-state index in [1.165, 1.54) is 5.56 Å². The van der Waals surface area contributed by atoms with Crippen LogP contribution in [0, 0.1) is 6.92 Å². The first-order valence-corrected chi connectivity index (χ1v) is 6.61. The number of ether oxygens (including phenoxy) is 1. The van der Waals surface area contributed by atoms with E-state index in [0.717, 1.165) is 22.8 Å². The first kappa shape index (κ1) is 13.7. The molecule has 2 N–H and O–H groups in total. The van der Waals surface area contributed by atoms with Gasteiger partial charge >= 0.3 is 0 Å². The monoisotopic (exact) mass is 259 g/mol. The number of nitrogens with two attached hydrogens (primary N) is 1. The third kappa shape index (κ3) is 3.38. The molecule has 1 heterocycles. The molecule has 2 aromatic rings. The highest BCUT2D eigenvalue weighted by Gasteiger charge is 2.06. The zero-order valence-corrected chi connectivity index (χ0v) is 11.8. The van der Waals surface area contributed by atoms with Crippen LogP contribution in [0.15, 0.2) is 34.7 Å². The van der Waals surface area contributed by atoms with Crippen molar-refractivity contribution in [3.8, 4) is 5.75 Å². The summed E-state index contributed by atoms with van der Waals surface area (Å²) in [5.74, 6) is 2.99. The molecule has 0 fully saturated rings. The van der Waals surface area contributed by atoms with Gasteiger partial charge in [-0.25, -0.2) is 0 Å². The highest BCUT2D eigenvalue weighted by atomic mass is 16.5. The van der Waals surface area contributed by atoms with Crippen LogP contribution in [0.3, 0.4) is 0 Å². The van der Waals surface area contributed by atoms with Crippen molar-refractivity contribution in [1.29, 1.82) is 0 Å². The van der Waals surface area contributed by atoms with Crippen molar-refractivity contribution in [1.82, 2.24) is 0 Å². The van der Waals surface area contributed by atoms with Gasteiger partial charge in [-0.15, -0.1) is 0 Å². The van der Waals surface area contributed by atoms with E-state index in [-0.39, 0.29) is 0 Å². The molecule has 0 atom stereocenters. The Labute approximate surface area is 114 Å². The molecule has 0 saturated heterocycles. The van der Waals surface area contributed by atoms with Crippen molar-refractivity contribution >= 4 is 0 Å². The minimum absolute atomic E-state index is 0.419. The number of aryl methyl sites for hydroxylation is 1. The van der Waals surface area contributed by atoms with Crippen LogP contribution in [0.5, 0.6) is 5.75 Å². The lowest BCUT2D eigenvalue weighted by atomic mass is 10.0. The van der Waals surface area contributed by atoms with Crippen LogP contribution in [-0.2, 0) is 13.2 Å². The summed E-state index contributed by atoms with van der Waals surface area (Å²) < 4.78 is 11.4. The van der Waals surface area contributed by atoms with Crippen LogP contribution < -0.4 is 10.5 Å². The smallest absolute Gasteiger partial charge is 0.146 e. The molecule has 0 amide bonds. The molecule has 0 bridgehead atoms. The first-order valence-electron chi connectivity index (χ1n) is 6.61. The number of rotatable bonds is 5. The van der Waals surface area contributed by atoms with E-state index in [0.29, 0.717) is 19.1 Å². The van der Waals surface area contributed by atoms with Gasteiger partial charge in [0, 0.05) is 0 Å². The normalized spacial score (nSPS) is 11.0. The van der Waals surface area contributed by atoms with Crippen molar-refractivity contribution in [3.63, 3.8) is 0 Å². The molecule has 0 radical (unpaired) electrons. The van der Waals surface area contributed by atoms with Gasteiger partial charge in [-0.05, 0) is 42.2 Å². The van der Waals surface area contributed by atoms with Crippen LogP contribution >= 0.6 is 0 Å². The van der Waals surface area contributed by atoms with Crippen LogP contribution in [0.1, 0.15) is 42.4 Å². The summed E-state index contributed by atoms with van der Waals surface area (Å²) in [5.41, 5.74) is 7.93. The Balaban J connectivity index is 2.08. The minimum Gasteiger partial charge on any atom is -0.485 e. The van der Waals surface area contributed by atoms with E-state index in [4.69, 9.17) is 14.9 Å². The lowest BCUT2D eigenvalue weighted by Crippen LogP contribution is -1.98. The fourth-order valence-corrected chi connectivity index (χ4v) is 1.89. The molecule has 0 spiro atoms. The van der Waals surface area contributed by atoms with E-state index >= 15 is 0 Å². The first-order chi connectivity index (χ1) is 9.10. The largest absolute Gasteiger partial charge is 0.485 e. The summed E-state index contributed by atoms with van der Waals surface area (Å²) in [7, 11) is 0. The van der Waals surface area contributed by atoms with Gasteiger partial charge in [-0.2, -0.15) is 0 Å². The molecule has 3 heteroatoms. The molecular weight excluding hydrogens is 238 g/mol. The second kappa shape index (κ2) is 5.93. The lowest BCUT2D eigenvalue weighted by molar-refractivity contribution is 0.264. The summed E-state index contributed by atoms with van der Waals surface area (Å²) >= 11 is 0. The number of furan rings is 1. The zero-order valence-electron chi connectivity index (χ0n) is 11.8. The fourth-order valence-electron chi connectivity index (χ4n) is 1.89. The van der Waals surface area contributed by atoms with E-state index in [1.54, 1.807) is 0 Å². The predicted molar refractivity (Wildman–Crippen MR) is 76.2 cm³/mol. The van der Waals surface area contributed by atoms with E-state index in [9.17, 15) is 0 Å². The summed E-state index contributed by atoms with van der Waals surface area (Å²) in [6, 6.07) is 10.1. The zero-order chi connectivity index (χ0) is 13.8. The van der Waals surface area contributed by atoms with Gasteiger partial charge in [0.15, 0.2) is 0 Å². The van der Waals surface area contributed by atoms with Gasteiger partial charge < -0.3 is 14.9 Å². The number of hydrogen-bond acceptors (Lipinski definition) is 3. The summed E-state index contributed by atoms with van der Waals surface area (Å²) in [5, 5.41) is 0. The Bertz CT molecular complexity index is 543. The second-order valence-electron chi connectivity index (χ2n) is 5.04. The molecule has 19 heavy (non-hydrogen) atoms. The maximum absolute atomic E-state index is 5.84. The molecule has 1 aromatic carbocycles. The topological polar surface area (TPSA) is 48.4 Å². The van der Waals surface area contributed by atoms with Gasteiger partial charge in [0.05, 0.1) is 6.54 Å². The Morgan fingerprint density at radius 3 is 2.53 bits per heavy atom. The third-order valence-electron chi connectivity index (χ3n) is 3.17.